The highest BCUT2D eigenvalue weighted by Crippen LogP contribution is 2.30. The van der Waals surface area contributed by atoms with Crippen molar-refractivity contribution < 1.29 is 19.0 Å². The Balaban J connectivity index is 2.43. The zero-order chi connectivity index (χ0) is 14.7. The van der Waals surface area contributed by atoms with Crippen molar-refractivity contribution in [2.45, 2.75) is 0 Å². The van der Waals surface area contributed by atoms with E-state index in [1.54, 1.807) is 24.3 Å². The fourth-order valence-corrected chi connectivity index (χ4v) is 1.76. The maximum absolute atomic E-state index is 13.8. The average Bonchev–Trinajstić information content (AvgIpc) is 2.42. The number of benzene rings is 2. The number of nitrogen functional groups attached to an aromatic ring is 1. The normalized spacial score (nSPS) is 10.1. The van der Waals surface area contributed by atoms with Gasteiger partial charge in [-0.3, -0.25) is 0 Å². The van der Waals surface area contributed by atoms with Crippen LogP contribution in [-0.2, 0) is 0 Å². The average molecular weight is 276 g/mol. The van der Waals surface area contributed by atoms with Crippen molar-refractivity contribution in [3.63, 3.8) is 0 Å². The van der Waals surface area contributed by atoms with Crippen molar-refractivity contribution >= 4 is 23.0 Å². The first-order valence-electron chi connectivity index (χ1n) is 5.75. The Morgan fingerprint density at radius 1 is 1.30 bits per heavy atom. The highest BCUT2D eigenvalue weighted by atomic mass is 19.1. The number of nitrogens with two attached hydrogens (primary N) is 1. The standard InChI is InChI=1S/C14H13FN2O3/c1-20-13-5-3-2-4-11(13)17-12-6-8(14(18)19)10(16)7-9(12)15/h2-7,17H,16H2,1H3,(H,18,19). The smallest absolute Gasteiger partial charge is 0.337 e. The lowest BCUT2D eigenvalue weighted by Gasteiger charge is -2.13. The molecule has 0 bridgehead atoms. The van der Waals surface area contributed by atoms with Gasteiger partial charge in [-0.25, -0.2) is 9.18 Å². The molecular formula is C14H13FN2O3. The van der Waals surface area contributed by atoms with Gasteiger partial charge in [-0.05, 0) is 24.3 Å². The summed E-state index contributed by atoms with van der Waals surface area (Å²) in [7, 11) is 1.49. The molecule has 0 aromatic heterocycles. The molecule has 0 aliphatic carbocycles. The van der Waals surface area contributed by atoms with E-state index < -0.39 is 11.8 Å². The Bertz CT molecular complexity index is 659. The van der Waals surface area contributed by atoms with Gasteiger partial charge in [0.1, 0.15) is 11.6 Å². The molecule has 2 rings (SSSR count). The summed E-state index contributed by atoms with van der Waals surface area (Å²) in [6, 6.07) is 9.04. The van der Waals surface area contributed by atoms with Gasteiger partial charge in [-0.15, -0.1) is 0 Å². The number of carboxylic acid groups (broad SMARTS) is 1. The van der Waals surface area contributed by atoms with Crippen LogP contribution in [0.25, 0.3) is 0 Å². The lowest BCUT2D eigenvalue weighted by Crippen LogP contribution is -2.05. The fraction of sp³-hybridized carbons (Fsp3) is 0.0714. The Kier molecular flexibility index (Phi) is 3.74. The molecule has 0 radical (unpaired) electrons. The number of hydrogen-bond donors (Lipinski definition) is 3. The van der Waals surface area contributed by atoms with E-state index in [4.69, 9.17) is 15.6 Å². The molecule has 0 aliphatic rings. The van der Waals surface area contributed by atoms with Crippen LogP contribution in [0.3, 0.4) is 0 Å². The lowest BCUT2D eigenvalue weighted by atomic mass is 10.1. The molecule has 0 unspecified atom stereocenters. The third-order valence-electron chi connectivity index (χ3n) is 2.75. The van der Waals surface area contributed by atoms with Crippen LogP contribution < -0.4 is 15.8 Å². The van der Waals surface area contributed by atoms with Crippen molar-refractivity contribution in [3.8, 4) is 5.75 Å². The summed E-state index contributed by atoms with van der Waals surface area (Å²) in [5.74, 6) is -1.34. The molecular weight excluding hydrogens is 263 g/mol. The predicted molar refractivity (Wildman–Crippen MR) is 74.0 cm³/mol. The number of para-hydroxylation sites is 2. The van der Waals surface area contributed by atoms with Crippen LogP contribution in [0.5, 0.6) is 5.75 Å². The van der Waals surface area contributed by atoms with Crippen molar-refractivity contribution in [3.05, 3.63) is 47.8 Å². The van der Waals surface area contributed by atoms with E-state index in [1.165, 1.54) is 7.11 Å². The molecule has 0 aliphatic heterocycles. The molecule has 0 saturated heterocycles. The van der Waals surface area contributed by atoms with E-state index in [1.807, 2.05) is 0 Å². The van der Waals surface area contributed by atoms with E-state index in [0.29, 0.717) is 11.4 Å². The van der Waals surface area contributed by atoms with Gasteiger partial charge in [0.2, 0.25) is 0 Å². The van der Waals surface area contributed by atoms with Gasteiger partial charge in [-0.1, -0.05) is 12.1 Å². The van der Waals surface area contributed by atoms with Crippen molar-refractivity contribution in [2.75, 3.05) is 18.2 Å². The highest BCUT2D eigenvalue weighted by Gasteiger charge is 2.14. The largest absolute Gasteiger partial charge is 0.495 e. The molecule has 0 amide bonds. The minimum atomic E-state index is -1.22. The quantitative estimate of drug-likeness (QED) is 0.748. The van der Waals surface area contributed by atoms with E-state index in [0.717, 1.165) is 12.1 Å². The molecule has 2 aromatic carbocycles. The van der Waals surface area contributed by atoms with Gasteiger partial charge in [0, 0.05) is 5.69 Å². The maximum atomic E-state index is 13.8. The number of carboxylic acids is 1. The van der Waals surface area contributed by atoms with Crippen LogP contribution in [0.4, 0.5) is 21.5 Å². The van der Waals surface area contributed by atoms with Gasteiger partial charge in [-0.2, -0.15) is 0 Å². The minimum Gasteiger partial charge on any atom is -0.495 e. The number of anilines is 3. The summed E-state index contributed by atoms with van der Waals surface area (Å²) in [6.45, 7) is 0. The zero-order valence-corrected chi connectivity index (χ0v) is 10.7. The maximum Gasteiger partial charge on any atom is 0.337 e. The van der Waals surface area contributed by atoms with Crippen LogP contribution in [0.15, 0.2) is 36.4 Å². The molecule has 0 heterocycles. The first-order chi connectivity index (χ1) is 9.52. The molecule has 5 nitrogen and oxygen atoms in total. The van der Waals surface area contributed by atoms with E-state index in [9.17, 15) is 9.18 Å². The summed E-state index contributed by atoms with van der Waals surface area (Å²) >= 11 is 0. The van der Waals surface area contributed by atoms with Crippen LogP contribution in [0.2, 0.25) is 0 Å². The predicted octanol–water partition coefficient (Wildman–Crippen LogP) is 2.86. The molecule has 0 saturated carbocycles. The number of aromatic carboxylic acids is 1. The molecule has 2 aromatic rings. The van der Waals surface area contributed by atoms with Gasteiger partial charge in [0.15, 0.2) is 0 Å². The summed E-state index contributed by atoms with van der Waals surface area (Å²) in [5, 5.41) is 11.8. The van der Waals surface area contributed by atoms with Crippen molar-refractivity contribution in [2.24, 2.45) is 0 Å². The third kappa shape index (κ3) is 2.64. The second-order valence-electron chi connectivity index (χ2n) is 4.05. The monoisotopic (exact) mass is 276 g/mol. The van der Waals surface area contributed by atoms with E-state index in [2.05, 4.69) is 5.32 Å². The second kappa shape index (κ2) is 5.48. The third-order valence-corrected chi connectivity index (χ3v) is 2.75. The number of methoxy groups -OCH3 is 1. The summed E-state index contributed by atoms with van der Waals surface area (Å²) in [6.07, 6.45) is 0. The fourth-order valence-electron chi connectivity index (χ4n) is 1.76. The van der Waals surface area contributed by atoms with Crippen molar-refractivity contribution in [1.82, 2.24) is 0 Å². The molecule has 0 fully saturated rings. The molecule has 0 atom stereocenters. The molecule has 104 valence electrons. The Morgan fingerprint density at radius 3 is 2.65 bits per heavy atom. The SMILES string of the molecule is COc1ccccc1Nc1cc(C(=O)O)c(N)cc1F. The zero-order valence-electron chi connectivity index (χ0n) is 10.7. The van der Waals surface area contributed by atoms with Crippen molar-refractivity contribution in [1.29, 1.82) is 0 Å². The lowest BCUT2D eigenvalue weighted by molar-refractivity contribution is 0.0698. The van der Waals surface area contributed by atoms with Gasteiger partial charge in [0.25, 0.3) is 0 Å². The Morgan fingerprint density at radius 2 is 2.00 bits per heavy atom. The van der Waals surface area contributed by atoms with Crippen LogP contribution in [0, 0.1) is 5.82 Å². The number of rotatable bonds is 4. The Hall–Kier alpha value is -2.76. The number of hydrogen-bond acceptors (Lipinski definition) is 4. The summed E-state index contributed by atoms with van der Waals surface area (Å²) in [4.78, 5) is 11.0. The second-order valence-corrected chi connectivity index (χ2v) is 4.05. The number of halogens is 1. The van der Waals surface area contributed by atoms with E-state index in [-0.39, 0.29) is 16.9 Å². The number of carbonyl (C=O) groups is 1. The summed E-state index contributed by atoms with van der Waals surface area (Å²) in [5.41, 5.74) is 5.72. The molecule has 6 heteroatoms. The van der Waals surface area contributed by atoms with E-state index >= 15 is 0 Å². The number of ether oxygens (including phenoxy) is 1. The first kappa shape index (κ1) is 13.7. The van der Waals surface area contributed by atoms with Gasteiger partial charge < -0.3 is 20.9 Å². The van der Waals surface area contributed by atoms with Gasteiger partial charge >= 0.3 is 5.97 Å². The topological polar surface area (TPSA) is 84.6 Å². The van der Waals surface area contributed by atoms with Crippen LogP contribution in [-0.4, -0.2) is 18.2 Å². The highest BCUT2D eigenvalue weighted by molar-refractivity contribution is 5.95. The Labute approximate surface area is 114 Å². The summed E-state index contributed by atoms with van der Waals surface area (Å²) < 4.78 is 19.0. The van der Waals surface area contributed by atoms with Crippen LogP contribution in [0.1, 0.15) is 10.4 Å². The molecule has 20 heavy (non-hydrogen) atoms. The molecule has 4 N–H and O–H groups in total. The van der Waals surface area contributed by atoms with Gasteiger partial charge in [0.05, 0.1) is 24.0 Å². The number of nitrogens with one attached hydrogen (secondary N) is 1. The van der Waals surface area contributed by atoms with Crippen LogP contribution >= 0.6 is 0 Å². The minimum absolute atomic E-state index is 0.0149. The molecule has 0 spiro atoms. The first-order valence-corrected chi connectivity index (χ1v) is 5.75.